The Morgan fingerprint density at radius 2 is 1.72 bits per heavy atom. The van der Waals surface area contributed by atoms with Gasteiger partial charge in [0.2, 0.25) is 5.91 Å². The standard InChI is InChI=1S/C21H23FN2O/c22-19-8-3-17(4-9-19)7-12-21(25)23-20-10-5-18(6-11-20)13-16-24-14-1-2-15-24/h3-12H,1-2,13-16H2,(H,23,25)/b12-7+. The fourth-order valence-electron chi connectivity index (χ4n) is 2.98. The lowest BCUT2D eigenvalue weighted by molar-refractivity contribution is -0.111. The molecule has 1 fully saturated rings. The van der Waals surface area contributed by atoms with Crippen LogP contribution < -0.4 is 5.32 Å². The molecule has 0 radical (unpaired) electrons. The number of carbonyl (C=O) groups is 1. The van der Waals surface area contributed by atoms with E-state index in [1.54, 1.807) is 18.2 Å². The zero-order chi connectivity index (χ0) is 17.5. The summed E-state index contributed by atoms with van der Waals surface area (Å²) in [5.74, 6) is -0.486. The van der Waals surface area contributed by atoms with Crippen molar-refractivity contribution in [3.63, 3.8) is 0 Å². The largest absolute Gasteiger partial charge is 0.323 e. The molecule has 2 aromatic rings. The van der Waals surface area contributed by atoms with Crippen molar-refractivity contribution in [2.45, 2.75) is 19.3 Å². The van der Waals surface area contributed by atoms with Gasteiger partial charge in [-0.15, -0.1) is 0 Å². The van der Waals surface area contributed by atoms with Crippen molar-refractivity contribution in [2.24, 2.45) is 0 Å². The smallest absolute Gasteiger partial charge is 0.248 e. The van der Waals surface area contributed by atoms with Crippen LogP contribution >= 0.6 is 0 Å². The second-order valence-corrected chi connectivity index (χ2v) is 6.37. The van der Waals surface area contributed by atoms with Crippen molar-refractivity contribution in [1.82, 2.24) is 4.90 Å². The summed E-state index contributed by atoms with van der Waals surface area (Å²) in [4.78, 5) is 14.5. The monoisotopic (exact) mass is 338 g/mol. The van der Waals surface area contributed by atoms with Gasteiger partial charge < -0.3 is 10.2 Å². The third-order valence-corrected chi connectivity index (χ3v) is 4.43. The molecule has 0 spiro atoms. The van der Waals surface area contributed by atoms with E-state index in [-0.39, 0.29) is 11.7 Å². The van der Waals surface area contributed by atoms with Gasteiger partial charge >= 0.3 is 0 Å². The maximum Gasteiger partial charge on any atom is 0.248 e. The predicted octanol–water partition coefficient (Wildman–Crippen LogP) is 4.12. The Morgan fingerprint density at radius 3 is 2.40 bits per heavy atom. The molecule has 0 bridgehead atoms. The molecule has 0 aromatic heterocycles. The number of anilines is 1. The predicted molar refractivity (Wildman–Crippen MR) is 99.9 cm³/mol. The fraction of sp³-hybridized carbons (Fsp3) is 0.286. The summed E-state index contributed by atoms with van der Waals surface area (Å²) in [7, 11) is 0. The SMILES string of the molecule is O=C(/C=C/c1ccc(F)cc1)Nc1ccc(CCN2CCCC2)cc1. The maximum absolute atomic E-state index is 12.8. The van der Waals surface area contributed by atoms with E-state index in [4.69, 9.17) is 0 Å². The van der Waals surface area contributed by atoms with Gasteiger partial charge in [0.1, 0.15) is 5.82 Å². The van der Waals surface area contributed by atoms with Crippen LogP contribution in [0.1, 0.15) is 24.0 Å². The Morgan fingerprint density at radius 1 is 1.04 bits per heavy atom. The Labute approximate surface area is 148 Å². The van der Waals surface area contributed by atoms with Crippen molar-refractivity contribution in [1.29, 1.82) is 0 Å². The first-order chi connectivity index (χ1) is 12.2. The number of hydrogen-bond acceptors (Lipinski definition) is 2. The summed E-state index contributed by atoms with van der Waals surface area (Å²) in [6.07, 6.45) is 6.79. The number of carbonyl (C=O) groups excluding carboxylic acids is 1. The minimum absolute atomic E-state index is 0.200. The topological polar surface area (TPSA) is 32.3 Å². The first-order valence-electron chi connectivity index (χ1n) is 8.75. The highest BCUT2D eigenvalue weighted by Gasteiger charge is 2.10. The van der Waals surface area contributed by atoms with Crippen molar-refractivity contribution >= 4 is 17.7 Å². The van der Waals surface area contributed by atoms with Crippen LogP contribution in [0.5, 0.6) is 0 Å². The van der Waals surface area contributed by atoms with Crippen LogP contribution in [-0.2, 0) is 11.2 Å². The van der Waals surface area contributed by atoms with E-state index in [9.17, 15) is 9.18 Å². The third kappa shape index (κ3) is 5.54. The molecular formula is C21H23FN2O. The Bertz CT molecular complexity index is 717. The number of likely N-dealkylation sites (tertiary alicyclic amines) is 1. The van der Waals surface area contributed by atoms with Crippen LogP contribution in [0, 0.1) is 5.82 Å². The maximum atomic E-state index is 12.8. The average molecular weight is 338 g/mol. The fourth-order valence-corrected chi connectivity index (χ4v) is 2.98. The van der Waals surface area contributed by atoms with Crippen LogP contribution in [0.15, 0.2) is 54.6 Å². The molecule has 3 rings (SSSR count). The molecule has 0 atom stereocenters. The summed E-state index contributed by atoms with van der Waals surface area (Å²) in [5, 5.41) is 2.84. The number of nitrogens with one attached hydrogen (secondary N) is 1. The summed E-state index contributed by atoms with van der Waals surface area (Å²) < 4.78 is 12.8. The second kappa shape index (κ2) is 8.58. The molecule has 1 N–H and O–H groups in total. The van der Waals surface area contributed by atoms with E-state index in [1.165, 1.54) is 49.7 Å². The normalized spacial score (nSPS) is 14.9. The molecule has 1 heterocycles. The van der Waals surface area contributed by atoms with E-state index >= 15 is 0 Å². The molecule has 0 unspecified atom stereocenters. The van der Waals surface area contributed by atoms with Crippen LogP contribution in [0.3, 0.4) is 0 Å². The van der Waals surface area contributed by atoms with E-state index < -0.39 is 0 Å². The van der Waals surface area contributed by atoms with Crippen molar-refractivity contribution in [2.75, 3.05) is 25.0 Å². The number of hydrogen-bond donors (Lipinski definition) is 1. The molecule has 0 saturated carbocycles. The Kier molecular flexibility index (Phi) is 5.96. The Hall–Kier alpha value is -2.46. The van der Waals surface area contributed by atoms with Gasteiger partial charge in [-0.25, -0.2) is 4.39 Å². The molecule has 2 aromatic carbocycles. The molecule has 1 aliphatic rings. The summed E-state index contributed by atoms with van der Waals surface area (Å²) >= 11 is 0. The van der Waals surface area contributed by atoms with Crippen LogP contribution in [-0.4, -0.2) is 30.4 Å². The number of amides is 1. The summed E-state index contributed by atoms with van der Waals surface area (Å²) in [5.41, 5.74) is 2.85. The van der Waals surface area contributed by atoms with Crippen molar-refractivity contribution in [3.8, 4) is 0 Å². The summed E-state index contributed by atoms with van der Waals surface area (Å²) in [6, 6.07) is 14.0. The first-order valence-corrected chi connectivity index (χ1v) is 8.75. The van der Waals surface area contributed by atoms with E-state index in [2.05, 4.69) is 22.3 Å². The van der Waals surface area contributed by atoms with Gasteiger partial charge in [-0.1, -0.05) is 24.3 Å². The minimum atomic E-state index is -0.286. The summed E-state index contributed by atoms with van der Waals surface area (Å²) in [6.45, 7) is 3.54. The number of nitrogens with zero attached hydrogens (tertiary/aromatic N) is 1. The number of benzene rings is 2. The molecule has 130 valence electrons. The van der Waals surface area contributed by atoms with Crippen molar-refractivity contribution < 1.29 is 9.18 Å². The molecule has 0 aliphatic carbocycles. The van der Waals surface area contributed by atoms with Crippen LogP contribution in [0.4, 0.5) is 10.1 Å². The average Bonchev–Trinajstić information content (AvgIpc) is 3.14. The number of halogens is 1. The third-order valence-electron chi connectivity index (χ3n) is 4.43. The zero-order valence-electron chi connectivity index (χ0n) is 14.2. The molecule has 25 heavy (non-hydrogen) atoms. The van der Waals surface area contributed by atoms with Gasteiger partial charge in [-0.2, -0.15) is 0 Å². The van der Waals surface area contributed by atoms with E-state index in [1.807, 2.05) is 12.1 Å². The van der Waals surface area contributed by atoms with Gasteiger partial charge in [0, 0.05) is 18.3 Å². The molecule has 1 aliphatic heterocycles. The van der Waals surface area contributed by atoms with Gasteiger partial charge in [0.25, 0.3) is 0 Å². The van der Waals surface area contributed by atoms with Gasteiger partial charge in [0.05, 0.1) is 0 Å². The first kappa shape index (κ1) is 17.4. The molecule has 3 nitrogen and oxygen atoms in total. The van der Waals surface area contributed by atoms with Crippen LogP contribution in [0.25, 0.3) is 6.08 Å². The highest BCUT2D eigenvalue weighted by atomic mass is 19.1. The Balaban J connectivity index is 1.48. The lowest BCUT2D eigenvalue weighted by atomic mass is 10.1. The van der Waals surface area contributed by atoms with Crippen molar-refractivity contribution in [3.05, 3.63) is 71.6 Å². The van der Waals surface area contributed by atoms with E-state index in [0.29, 0.717) is 0 Å². The molecule has 1 saturated heterocycles. The van der Waals surface area contributed by atoms with Gasteiger partial charge in [-0.05, 0) is 73.8 Å². The molecular weight excluding hydrogens is 315 g/mol. The second-order valence-electron chi connectivity index (χ2n) is 6.37. The highest BCUT2D eigenvalue weighted by molar-refractivity contribution is 6.01. The van der Waals surface area contributed by atoms with Crippen LogP contribution in [0.2, 0.25) is 0 Å². The minimum Gasteiger partial charge on any atom is -0.323 e. The zero-order valence-corrected chi connectivity index (χ0v) is 14.2. The molecule has 4 heteroatoms. The van der Waals surface area contributed by atoms with E-state index in [0.717, 1.165) is 24.2 Å². The lowest BCUT2D eigenvalue weighted by Crippen LogP contribution is -2.21. The number of rotatable bonds is 6. The lowest BCUT2D eigenvalue weighted by Gasteiger charge is -2.14. The van der Waals surface area contributed by atoms with Gasteiger partial charge in [-0.3, -0.25) is 4.79 Å². The molecule has 1 amide bonds. The van der Waals surface area contributed by atoms with Gasteiger partial charge in [0.15, 0.2) is 0 Å². The quantitative estimate of drug-likeness (QED) is 0.804. The highest BCUT2D eigenvalue weighted by Crippen LogP contribution is 2.13.